The predicted octanol–water partition coefficient (Wildman–Crippen LogP) is 1.17. The third kappa shape index (κ3) is 2.63. The van der Waals surface area contributed by atoms with Gasteiger partial charge in [-0.3, -0.25) is 4.79 Å². The van der Waals surface area contributed by atoms with Crippen molar-refractivity contribution in [3.8, 4) is 0 Å². The van der Waals surface area contributed by atoms with Gasteiger partial charge in [0, 0.05) is 7.11 Å². The van der Waals surface area contributed by atoms with Gasteiger partial charge in [0.15, 0.2) is 0 Å². The number of methoxy groups -OCH3 is 1. The van der Waals surface area contributed by atoms with E-state index in [1.165, 1.54) is 12.8 Å². The first-order valence-corrected chi connectivity index (χ1v) is 5.86. The molecule has 0 aliphatic heterocycles. The minimum absolute atomic E-state index is 0.0919. The first kappa shape index (κ1) is 12.0. The largest absolute Gasteiger partial charge is 0.481 e. The zero-order chi connectivity index (χ0) is 12.3. The number of carboxylic acid groups (broad SMARTS) is 1. The van der Waals surface area contributed by atoms with Crippen molar-refractivity contribution in [2.45, 2.75) is 44.8 Å². The average Bonchev–Trinajstić information content (AvgIpc) is 2.88. The van der Waals surface area contributed by atoms with Crippen molar-refractivity contribution in [3.05, 3.63) is 11.4 Å². The van der Waals surface area contributed by atoms with Crippen molar-refractivity contribution in [2.75, 3.05) is 7.11 Å². The van der Waals surface area contributed by atoms with E-state index in [-0.39, 0.29) is 6.42 Å². The summed E-state index contributed by atoms with van der Waals surface area (Å²) in [6.07, 6.45) is 4.49. The maximum Gasteiger partial charge on any atom is 0.309 e. The molecule has 0 amide bonds. The van der Waals surface area contributed by atoms with Crippen molar-refractivity contribution in [3.63, 3.8) is 0 Å². The Morgan fingerprint density at radius 3 is 2.82 bits per heavy atom. The second-order valence-electron chi connectivity index (χ2n) is 4.37. The lowest BCUT2D eigenvalue weighted by Crippen LogP contribution is -2.13. The summed E-state index contributed by atoms with van der Waals surface area (Å²) >= 11 is 0. The van der Waals surface area contributed by atoms with Gasteiger partial charge in [0.1, 0.15) is 0 Å². The molecule has 0 saturated heterocycles. The van der Waals surface area contributed by atoms with Gasteiger partial charge >= 0.3 is 5.97 Å². The number of hydrogen-bond acceptors (Lipinski definition) is 4. The Bertz CT molecular complexity index is 397. The second-order valence-corrected chi connectivity index (χ2v) is 4.37. The summed E-state index contributed by atoms with van der Waals surface area (Å²) < 4.78 is 6.97. The Morgan fingerprint density at radius 1 is 1.53 bits per heavy atom. The molecule has 0 atom stereocenters. The van der Waals surface area contributed by atoms with Crippen molar-refractivity contribution in [1.29, 1.82) is 0 Å². The van der Waals surface area contributed by atoms with Crippen LogP contribution in [0.25, 0.3) is 0 Å². The molecule has 1 aromatic heterocycles. The zero-order valence-corrected chi connectivity index (χ0v) is 9.93. The van der Waals surface area contributed by atoms with Crippen LogP contribution in [0.1, 0.15) is 43.1 Å². The molecule has 1 fully saturated rings. The minimum atomic E-state index is -0.888. The van der Waals surface area contributed by atoms with Gasteiger partial charge in [-0.1, -0.05) is 18.1 Å². The SMILES string of the molecule is COCc1c(CC(=O)O)nnn1C1CCCC1. The summed E-state index contributed by atoms with van der Waals surface area (Å²) in [6.45, 7) is 0.367. The van der Waals surface area contributed by atoms with E-state index in [1.807, 2.05) is 4.68 Å². The highest BCUT2D eigenvalue weighted by Gasteiger charge is 2.23. The van der Waals surface area contributed by atoms with Gasteiger partial charge in [-0.2, -0.15) is 0 Å². The summed E-state index contributed by atoms with van der Waals surface area (Å²) in [7, 11) is 1.59. The minimum Gasteiger partial charge on any atom is -0.481 e. The van der Waals surface area contributed by atoms with Crippen molar-refractivity contribution in [1.82, 2.24) is 15.0 Å². The monoisotopic (exact) mass is 239 g/mol. The van der Waals surface area contributed by atoms with Crippen LogP contribution in [0.15, 0.2) is 0 Å². The van der Waals surface area contributed by atoms with Crippen LogP contribution in [0.5, 0.6) is 0 Å². The highest BCUT2D eigenvalue weighted by atomic mass is 16.5. The summed E-state index contributed by atoms with van der Waals surface area (Å²) in [5.41, 5.74) is 1.33. The number of rotatable bonds is 5. The fraction of sp³-hybridized carbons (Fsp3) is 0.727. The molecule has 94 valence electrons. The summed E-state index contributed by atoms with van der Waals surface area (Å²) in [5.74, 6) is -0.888. The highest BCUT2D eigenvalue weighted by molar-refractivity contribution is 5.69. The molecule has 6 nitrogen and oxygen atoms in total. The van der Waals surface area contributed by atoms with Gasteiger partial charge in [-0.25, -0.2) is 4.68 Å². The number of ether oxygens (including phenoxy) is 1. The fourth-order valence-corrected chi connectivity index (χ4v) is 2.36. The topological polar surface area (TPSA) is 77.2 Å². The van der Waals surface area contributed by atoms with E-state index >= 15 is 0 Å². The van der Waals surface area contributed by atoms with Gasteiger partial charge in [0.25, 0.3) is 0 Å². The van der Waals surface area contributed by atoms with Crippen molar-refractivity contribution >= 4 is 5.97 Å². The standard InChI is InChI=1S/C11H17N3O3/c1-17-7-10-9(6-11(15)16)12-13-14(10)8-4-2-3-5-8/h8H,2-7H2,1H3,(H,15,16). The zero-order valence-electron chi connectivity index (χ0n) is 9.93. The van der Waals surface area contributed by atoms with Crippen LogP contribution in [0.2, 0.25) is 0 Å². The van der Waals surface area contributed by atoms with Crippen LogP contribution in [-0.2, 0) is 22.6 Å². The molecule has 6 heteroatoms. The van der Waals surface area contributed by atoms with Gasteiger partial charge in [-0.15, -0.1) is 5.10 Å². The average molecular weight is 239 g/mol. The lowest BCUT2D eigenvalue weighted by Gasteiger charge is -2.12. The van der Waals surface area contributed by atoms with Gasteiger partial charge in [-0.05, 0) is 12.8 Å². The number of carboxylic acids is 1. The molecule has 1 heterocycles. The molecule has 1 N–H and O–H groups in total. The Labute approximate surface area is 99.6 Å². The third-order valence-electron chi connectivity index (χ3n) is 3.14. The van der Waals surface area contributed by atoms with Crippen molar-refractivity contribution < 1.29 is 14.6 Å². The third-order valence-corrected chi connectivity index (χ3v) is 3.14. The normalized spacial score (nSPS) is 16.5. The van der Waals surface area contributed by atoms with E-state index in [4.69, 9.17) is 9.84 Å². The number of aliphatic carboxylic acids is 1. The maximum atomic E-state index is 10.7. The molecule has 1 aliphatic rings. The van der Waals surface area contributed by atoms with Gasteiger partial charge in [0.05, 0.1) is 30.5 Å². The van der Waals surface area contributed by atoms with E-state index in [2.05, 4.69) is 10.3 Å². The molecule has 1 saturated carbocycles. The molecule has 17 heavy (non-hydrogen) atoms. The summed E-state index contributed by atoms with van der Waals surface area (Å²) in [5, 5.41) is 16.9. The lowest BCUT2D eigenvalue weighted by atomic mass is 10.2. The molecule has 0 aromatic carbocycles. The van der Waals surface area contributed by atoms with Crippen LogP contribution < -0.4 is 0 Å². The molecule has 1 aliphatic carbocycles. The fourth-order valence-electron chi connectivity index (χ4n) is 2.36. The van der Waals surface area contributed by atoms with Crippen LogP contribution in [0.3, 0.4) is 0 Å². The van der Waals surface area contributed by atoms with E-state index in [0.29, 0.717) is 18.3 Å². The number of carbonyl (C=O) groups is 1. The summed E-state index contributed by atoms with van der Waals surface area (Å²) in [6, 6.07) is 0.357. The lowest BCUT2D eigenvalue weighted by molar-refractivity contribution is -0.136. The number of hydrogen-bond donors (Lipinski definition) is 1. The molecule has 1 aromatic rings. The van der Waals surface area contributed by atoms with Crippen molar-refractivity contribution in [2.24, 2.45) is 0 Å². The first-order valence-electron chi connectivity index (χ1n) is 5.86. The molecule has 0 bridgehead atoms. The molecule has 2 rings (SSSR count). The van der Waals surface area contributed by atoms with Gasteiger partial charge in [0.2, 0.25) is 0 Å². The number of aromatic nitrogens is 3. The smallest absolute Gasteiger partial charge is 0.309 e. The van der Waals surface area contributed by atoms with Crippen LogP contribution in [0, 0.1) is 0 Å². The Hall–Kier alpha value is -1.43. The molecular formula is C11H17N3O3. The van der Waals surface area contributed by atoms with E-state index in [9.17, 15) is 4.79 Å². The highest BCUT2D eigenvalue weighted by Crippen LogP contribution is 2.30. The molecule has 0 radical (unpaired) electrons. The first-order chi connectivity index (χ1) is 8.22. The van der Waals surface area contributed by atoms with E-state index in [0.717, 1.165) is 18.5 Å². The molecule has 0 spiro atoms. The molecular weight excluding hydrogens is 222 g/mol. The number of nitrogens with zero attached hydrogens (tertiary/aromatic N) is 3. The van der Waals surface area contributed by atoms with Crippen LogP contribution in [0.4, 0.5) is 0 Å². The second kappa shape index (κ2) is 5.27. The van der Waals surface area contributed by atoms with Crippen LogP contribution >= 0.6 is 0 Å². The quantitative estimate of drug-likeness (QED) is 0.834. The Kier molecular flexibility index (Phi) is 3.73. The Balaban J connectivity index is 2.24. The van der Waals surface area contributed by atoms with Gasteiger partial charge < -0.3 is 9.84 Å². The van der Waals surface area contributed by atoms with E-state index in [1.54, 1.807) is 7.11 Å². The predicted molar refractivity (Wildman–Crippen MR) is 59.6 cm³/mol. The van der Waals surface area contributed by atoms with E-state index < -0.39 is 5.97 Å². The summed E-state index contributed by atoms with van der Waals surface area (Å²) in [4.78, 5) is 10.7. The maximum absolute atomic E-state index is 10.7. The molecule has 0 unspecified atom stereocenters. The van der Waals surface area contributed by atoms with Crippen LogP contribution in [-0.4, -0.2) is 33.2 Å². The Morgan fingerprint density at radius 2 is 2.24 bits per heavy atom.